The Morgan fingerprint density at radius 2 is 1.05 bits per heavy atom. The van der Waals surface area contributed by atoms with Crippen LogP contribution in [0.2, 0.25) is 0 Å². The van der Waals surface area contributed by atoms with Crippen LogP contribution < -0.4 is 0 Å². The summed E-state index contributed by atoms with van der Waals surface area (Å²) in [5.74, 6) is 0. The van der Waals surface area contributed by atoms with Crippen LogP contribution in [0.1, 0.15) is 6.85 Å². The Labute approximate surface area is 227 Å². The number of fused-ring (bicyclic) bond motifs is 6. The van der Waals surface area contributed by atoms with Crippen molar-refractivity contribution in [1.29, 1.82) is 0 Å². The maximum atomic E-state index is 8.78. The van der Waals surface area contributed by atoms with E-state index in [9.17, 15) is 0 Å². The zero-order chi connectivity index (χ0) is 29.4. The van der Waals surface area contributed by atoms with Crippen molar-refractivity contribution in [2.45, 2.75) is 0 Å². The summed E-state index contributed by atoms with van der Waals surface area (Å²) in [6, 6.07) is 37.5. The molecule has 0 spiro atoms. The highest BCUT2D eigenvalue weighted by Gasteiger charge is 2.18. The third-order valence-corrected chi connectivity index (χ3v) is 7.40. The average Bonchev–Trinajstić information content (AvgIpc) is 3.56. The molecule has 6 aromatic carbocycles. The number of aromatic nitrogens is 2. The van der Waals surface area contributed by atoms with E-state index in [1.165, 1.54) is 10.8 Å². The summed E-state index contributed by atoms with van der Waals surface area (Å²) in [5, 5.41) is 4.11. The van der Waals surface area contributed by atoms with Gasteiger partial charge in [0.25, 0.3) is 0 Å². The summed E-state index contributed by atoms with van der Waals surface area (Å²) in [4.78, 5) is 0. The first kappa shape index (κ1) is 16.6. The molecule has 2 heterocycles. The predicted octanol–water partition coefficient (Wildman–Crippen LogP) is 9.55. The van der Waals surface area contributed by atoms with E-state index in [0.29, 0.717) is 5.56 Å². The second-order valence-corrected chi connectivity index (χ2v) is 9.44. The fourth-order valence-corrected chi connectivity index (χ4v) is 5.85. The van der Waals surface area contributed by atoms with Gasteiger partial charge in [-0.2, -0.15) is 0 Å². The Balaban J connectivity index is 1.53. The first-order valence-corrected chi connectivity index (χ1v) is 12.6. The highest BCUT2D eigenvalue weighted by atomic mass is 15.0. The average molecular weight is 490 g/mol. The molecule has 2 aromatic heterocycles. The molecule has 0 amide bonds. The van der Waals surface area contributed by atoms with Crippen LogP contribution in [0, 0.1) is 0 Å². The number of hydrogen-bond donors (Lipinski definition) is 0. The minimum atomic E-state index is -0.397. The summed E-state index contributed by atoms with van der Waals surface area (Å²) in [6.07, 6.45) is 0. The highest BCUT2D eigenvalue weighted by Crippen LogP contribution is 2.40. The summed E-state index contributed by atoms with van der Waals surface area (Å²) in [7, 11) is 0. The second-order valence-electron chi connectivity index (χ2n) is 9.44. The number of nitrogens with zero attached hydrogens (tertiary/aromatic N) is 2. The summed E-state index contributed by atoms with van der Waals surface area (Å²) >= 11 is 0. The molecule has 0 aliphatic rings. The Morgan fingerprint density at radius 3 is 1.79 bits per heavy atom. The van der Waals surface area contributed by atoms with Crippen LogP contribution in [0.15, 0.2) is 145 Å². The van der Waals surface area contributed by atoms with E-state index < -0.39 is 6.04 Å². The van der Waals surface area contributed by atoms with Crippen LogP contribution in [0.3, 0.4) is 0 Å². The molecule has 0 fully saturated rings. The van der Waals surface area contributed by atoms with Crippen LogP contribution in [0.4, 0.5) is 0 Å². The molecule has 0 atom stereocenters. The highest BCUT2D eigenvalue weighted by molar-refractivity contribution is 6.17. The van der Waals surface area contributed by atoms with Gasteiger partial charge in [0.05, 0.1) is 28.9 Å². The van der Waals surface area contributed by atoms with Crippen molar-refractivity contribution >= 4 is 43.6 Å². The van der Waals surface area contributed by atoms with Crippen molar-refractivity contribution in [3.63, 3.8) is 0 Å². The van der Waals surface area contributed by atoms with E-state index in [1.54, 1.807) is 0 Å². The SMILES string of the molecule is [2H]c1c([2H])c([2H])c(-c2cccc3c2c2cc(-n4c5ccccc5c5ccccc54)ccc2n3-c2ccccc2)c([2H])c1[2H]. The topological polar surface area (TPSA) is 9.86 Å². The number of rotatable bonds is 3. The molecule has 0 unspecified atom stereocenters. The predicted molar refractivity (Wildman–Crippen MR) is 161 cm³/mol. The summed E-state index contributed by atoms with van der Waals surface area (Å²) < 4.78 is 46.9. The summed E-state index contributed by atoms with van der Waals surface area (Å²) in [6.45, 7) is 0. The van der Waals surface area contributed by atoms with Gasteiger partial charge in [-0.15, -0.1) is 0 Å². The van der Waals surface area contributed by atoms with Crippen LogP contribution in [-0.4, -0.2) is 9.13 Å². The van der Waals surface area contributed by atoms with Crippen molar-refractivity contribution < 1.29 is 6.85 Å². The van der Waals surface area contributed by atoms with E-state index in [-0.39, 0.29) is 29.7 Å². The molecule has 2 nitrogen and oxygen atoms in total. The number of para-hydroxylation sites is 3. The van der Waals surface area contributed by atoms with Crippen molar-refractivity contribution in [3.8, 4) is 22.5 Å². The number of benzene rings is 6. The van der Waals surface area contributed by atoms with Gasteiger partial charge in [0, 0.05) is 32.9 Å². The van der Waals surface area contributed by atoms with E-state index in [1.807, 2.05) is 48.5 Å². The van der Waals surface area contributed by atoms with Crippen molar-refractivity contribution in [3.05, 3.63) is 145 Å². The van der Waals surface area contributed by atoms with Gasteiger partial charge in [-0.3, -0.25) is 0 Å². The molecule has 0 saturated carbocycles. The van der Waals surface area contributed by atoms with Crippen molar-refractivity contribution in [2.75, 3.05) is 0 Å². The van der Waals surface area contributed by atoms with E-state index in [4.69, 9.17) is 6.85 Å². The zero-order valence-electron chi connectivity index (χ0n) is 25.4. The largest absolute Gasteiger partial charge is 0.309 e. The Morgan fingerprint density at radius 1 is 0.447 bits per heavy atom. The lowest BCUT2D eigenvalue weighted by atomic mass is 9.99. The van der Waals surface area contributed by atoms with E-state index in [2.05, 4.69) is 75.9 Å². The van der Waals surface area contributed by atoms with Gasteiger partial charge in [-0.1, -0.05) is 96.9 Å². The van der Waals surface area contributed by atoms with Crippen LogP contribution >= 0.6 is 0 Å². The first-order valence-electron chi connectivity index (χ1n) is 15.1. The fourth-order valence-electron chi connectivity index (χ4n) is 5.85. The van der Waals surface area contributed by atoms with Gasteiger partial charge in [-0.05, 0) is 59.7 Å². The standard InChI is InChI=1S/C36H24N2/c1-3-12-25(13-4-1)28-18-11-21-35-36(28)31-24-27(22-23-34(31)37(35)26-14-5-2-6-15-26)38-32-19-9-7-16-29(32)30-17-8-10-20-33(30)38/h1-24H/i1D,3D,4D,12D,13D. The normalized spacial score (nSPS) is 13.5. The van der Waals surface area contributed by atoms with Gasteiger partial charge in [0.15, 0.2) is 0 Å². The molecule has 0 bridgehead atoms. The molecule has 8 aromatic rings. The molecule has 0 radical (unpaired) electrons. The minimum absolute atomic E-state index is 0.200. The molecule has 0 aliphatic heterocycles. The maximum absolute atomic E-state index is 8.78. The molecule has 2 heteroatoms. The molecular weight excluding hydrogens is 460 g/mol. The molecule has 0 aliphatic carbocycles. The van der Waals surface area contributed by atoms with Gasteiger partial charge in [-0.25, -0.2) is 0 Å². The monoisotopic (exact) mass is 489 g/mol. The van der Waals surface area contributed by atoms with Crippen LogP contribution in [0.5, 0.6) is 0 Å². The molecule has 178 valence electrons. The molecular formula is C36H24N2. The smallest absolute Gasteiger partial charge is 0.0629 e. The third-order valence-electron chi connectivity index (χ3n) is 7.40. The maximum Gasteiger partial charge on any atom is 0.0629 e. The Bertz CT molecular complexity index is 2320. The van der Waals surface area contributed by atoms with Crippen molar-refractivity contribution in [1.82, 2.24) is 9.13 Å². The van der Waals surface area contributed by atoms with Gasteiger partial charge >= 0.3 is 0 Å². The van der Waals surface area contributed by atoms with Crippen molar-refractivity contribution in [2.24, 2.45) is 0 Å². The fraction of sp³-hybridized carbons (Fsp3) is 0. The second kappa shape index (κ2) is 8.22. The lowest BCUT2D eigenvalue weighted by molar-refractivity contribution is 1.17. The first-order chi connectivity index (χ1) is 21.0. The Kier molecular flexibility index (Phi) is 3.60. The van der Waals surface area contributed by atoms with E-state index >= 15 is 0 Å². The molecule has 38 heavy (non-hydrogen) atoms. The van der Waals surface area contributed by atoms with Crippen LogP contribution in [-0.2, 0) is 0 Å². The van der Waals surface area contributed by atoms with Gasteiger partial charge < -0.3 is 9.13 Å². The van der Waals surface area contributed by atoms with Gasteiger partial charge in [0.1, 0.15) is 0 Å². The van der Waals surface area contributed by atoms with Gasteiger partial charge in [0.2, 0.25) is 0 Å². The quantitative estimate of drug-likeness (QED) is 0.234. The molecule has 0 saturated heterocycles. The van der Waals surface area contributed by atoms with E-state index in [0.717, 1.165) is 44.2 Å². The van der Waals surface area contributed by atoms with Crippen LogP contribution in [0.25, 0.3) is 66.1 Å². The molecule has 0 N–H and O–H groups in total. The zero-order valence-corrected chi connectivity index (χ0v) is 20.4. The lowest BCUT2D eigenvalue weighted by Crippen LogP contribution is -1.95. The Hall–Kier alpha value is -5.08. The summed E-state index contributed by atoms with van der Waals surface area (Å²) in [5.41, 5.74) is 6.81. The minimum Gasteiger partial charge on any atom is -0.309 e. The number of hydrogen-bond acceptors (Lipinski definition) is 0. The third kappa shape index (κ3) is 3.01. The molecule has 8 rings (SSSR count). The lowest BCUT2D eigenvalue weighted by Gasteiger charge is -2.10.